The average molecular weight is 326 g/mol. The number of aromatic amines is 1. The normalized spacial score (nSPS) is 11.5. The van der Waals surface area contributed by atoms with Crippen LogP contribution < -0.4 is 0 Å². The summed E-state index contributed by atoms with van der Waals surface area (Å²) in [6.07, 6.45) is -2.54. The van der Waals surface area contributed by atoms with Gasteiger partial charge in [-0.25, -0.2) is 8.78 Å². The lowest BCUT2D eigenvalue weighted by atomic mass is 10.2. The molecule has 0 spiro atoms. The van der Waals surface area contributed by atoms with E-state index in [4.69, 9.17) is 0 Å². The van der Waals surface area contributed by atoms with E-state index in [2.05, 4.69) is 42.1 Å². The third kappa shape index (κ3) is 1.56. The zero-order valence-corrected chi connectivity index (χ0v) is 9.86. The van der Waals surface area contributed by atoms with Crippen molar-refractivity contribution < 1.29 is 8.78 Å². The number of aromatic nitrogens is 2. The maximum absolute atomic E-state index is 12.5. The Labute approximate surface area is 94.9 Å². The highest BCUT2D eigenvalue weighted by molar-refractivity contribution is 9.11. The number of H-pyrrole nitrogens is 1. The van der Waals surface area contributed by atoms with Gasteiger partial charge in [0, 0.05) is 14.3 Å². The Morgan fingerprint density at radius 1 is 1.29 bits per heavy atom. The van der Waals surface area contributed by atoms with Gasteiger partial charge < -0.3 is 0 Å². The summed E-state index contributed by atoms with van der Waals surface area (Å²) in [6.45, 7) is 0. The van der Waals surface area contributed by atoms with Gasteiger partial charge in [0.05, 0.1) is 5.52 Å². The maximum Gasteiger partial charge on any atom is 0.280 e. The van der Waals surface area contributed by atoms with Gasteiger partial charge in [-0.15, -0.1) is 0 Å². The predicted octanol–water partition coefficient (Wildman–Crippen LogP) is 4.03. The van der Waals surface area contributed by atoms with Crippen molar-refractivity contribution in [3.63, 3.8) is 0 Å². The van der Waals surface area contributed by atoms with Crippen LogP contribution in [0.4, 0.5) is 8.78 Å². The highest BCUT2D eigenvalue weighted by Crippen LogP contribution is 2.33. The Hall–Kier alpha value is -0.490. The van der Waals surface area contributed by atoms with Crippen LogP contribution in [-0.4, -0.2) is 10.2 Å². The van der Waals surface area contributed by atoms with Gasteiger partial charge in [-0.1, -0.05) is 15.9 Å². The van der Waals surface area contributed by atoms with Crippen LogP contribution >= 0.6 is 31.9 Å². The van der Waals surface area contributed by atoms with Crippen molar-refractivity contribution in [3.05, 3.63) is 26.8 Å². The molecule has 0 aliphatic rings. The zero-order valence-electron chi connectivity index (χ0n) is 6.69. The van der Waals surface area contributed by atoms with Crippen molar-refractivity contribution in [3.8, 4) is 0 Å². The fourth-order valence-electron chi connectivity index (χ4n) is 1.25. The van der Waals surface area contributed by atoms with E-state index >= 15 is 0 Å². The van der Waals surface area contributed by atoms with Crippen LogP contribution in [0.15, 0.2) is 21.1 Å². The molecule has 0 amide bonds. The molecule has 2 aromatic rings. The van der Waals surface area contributed by atoms with Gasteiger partial charge in [0.15, 0.2) is 0 Å². The Kier molecular flexibility index (Phi) is 2.57. The second-order valence-corrected chi connectivity index (χ2v) is 4.49. The van der Waals surface area contributed by atoms with E-state index in [1.54, 1.807) is 12.1 Å². The van der Waals surface area contributed by atoms with Crippen molar-refractivity contribution >= 4 is 42.8 Å². The van der Waals surface area contributed by atoms with E-state index in [1.807, 2.05) is 0 Å². The van der Waals surface area contributed by atoms with Gasteiger partial charge in [-0.05, 0) is 28.1 Å². The third-order valence-corrected chi connectivity index (χ3v) is 2.90. The first-order valence-electron chi connectivity index (χ1n) is 3.70. The van der Waals surface area contributed by atoms with E-state index in [0.29, 0.717) is 15.4 Å². The molecule has 0 fully saturated rings. The molecular formula is C8H4Br2F2N2. The molecule has 14 heavy (non-hydrogen) atoms. The summed E-state index contributed by atoms with van der Waals surface area (Å²) in [5, 5.41) is 6.56. The molecule has 0 radical (unpaired) electrons. The van der Waals surface area contributed by atoms with Crippen LogP contribution in [0.2, 0.25) is 0 Å². The third-order valence-electron chi connectivity index (χ3n) is 1.82. The van der Waals surface area contributed by atoms with E-state index in [1.165, 1.54) is 0 Å². The van der Waals surface area contributed by atoms with Gasteiger partial charge >= 0.3 is 0 Å². The van der Waals surface area contributed by atoms with E-state index in [-0.39, 0.29) is 5.69 Å². The molecule has 0 bridgehead atoms. The second kappa shape index (κ2) is 3.58. The lowest BCUT2D eigenvalue weighted by Crippen LogP contribution is -1.84. The lowest BCUT2D eigenvalue weighted by molar-refractivity contribution is 0.147. The van der Waals surface area contributed by atoms with Crippen LogP contribution in [-0.2, 0) is 0 Å². The van der Waals surface area contributed by atoms with Crippen molar-refractivity contribution in [1.29, 1.82) is 0 Å². The SMILES string of the molecule is FC(F)c1[nH]nc2cc(Br)cc(Br)c12. The minimum Gasteiger partial charge on any atom is -0.275 e. The van der Waals surface area contributed by atoms with Crippen molar-refractivity contribution in [2.75, 3.05) is 0 Å². The first-order chi connectivity index (χ1) is 6.59. The Balaban J connectivity index is 2.79. The molecule has 6 heteroatoms. The highest BCUT2D eigenvalue weighted by atomic mass is 79.9. The number of nitrogens with one attached hydrogen (secondary N) is 1. The average Bonchev–Trinajstić information content (AvgIpc) is 2.47. The fourth-order valence-corrected chi connectivity index (χ4v) is 2.67. The van der Waals surface area contributed by atoms with Gasteiger partial charge in [0.2, 0.25) is 0 Å². The molecule has 1 aromatic carbocycles. The Bertz CT molecular complexity index is 481. The maximum atomic E-state index is 12.5. The van der Waals surface area contributed by atoms with Crippen LogP contribution in [0.25, 0.3) is 10.9 Å². The van der Waals surface area contributed by atoms with Gasteiger partial charge in [0.25, 0.3) is 6.43 Å². The molecule has 2 rings (SSSR count). The standard InChI is InChI=1S/C8H4Br2F2N2/c9-3-1-4(10)6-5(2-3)13-14-7(6)8(11)12/h1-2,8H,(H,13,14). The highest BCUT2D eigenvalue weighted by Gasteiger charge is 2.17. The van der Waals surface area contributed by atoms with Crippen LogP contribution in [0, 0.1) is 0 Å². The fraction of sp³-hybridized carbons (Fsp3) is 0.125. The second-order valence-electron chi connectivity index (χ2n) is 2.72. The number of hydrogen-bond acceptors (Lipinski definition) is 1. The minimum absolute atomic E-state index is 0.153. The van der Waals surface area contributed by atoms with Crippen molar-refractivity contribution in [2.24, 2.45) is 0 Å². The van der Waals surface area contributed by atoms with Crippen LogP contribution in [0.5, 0.6) is 0 Å². The first kappa shape index (κ1) is 10.0. The summed E-state index contributed by atoms with van der Waals surface area (Å²) >= 11 is 6.48. The molecule has 0 aliphatic heterocycles. The molecule has 1 N–H and O–H groups in total. The molecule has 74 valence electrons. The van der Waals surface area contributed by atoms with Gasteiger partial charge in [-0.3, -0.25) is 5.10 Å². The van der Waals surface area contributed by atoms with E-state index in [0.717, 1.165) is 4.47 Å². The molecule has 1 aromatic heterocycles. The zero-order chi connectivity index (χ0) is 10.3. The van der Waals surface area contributed by atoms with Crippen LogP contribution in [0.1, 0.15) is 12.1 Å². The molecule has 0 unspecified atom stereocenters. The summed E-state index contributed by atoms with van der Waals surface area (Å²) in [5.74, 6) is 0. The van der Waals surface area contributed by atoms with Gasteiger partial charge in [0.1, 0.15) is 5.69 Å². The number of rotatable bonds is 1. The number of fused-ring (bicyclic) bond motifs is 1. The Morgan fingerprint density at radius 2 is 2.00 bits per heavy atom. The van der Waals surface area contributed by atoms with Crippen molar-refractivity contribution in [1.82, 2.24) is 10.2 Å². The summed E-state index contributed by atoms with van der Waals surface area (Å²) < 4.78 is 26.4. The number of halogens is 4. The first-order valence-corrected chi connectivity index (χ1v) is 5.29. The van der Waals surface area contributed by atoms with Crippen molar-refractivity contribution in [2.45, 2.75) is 6.43 Å². The molecule has 1 heterocycles. The van der Waals surface area contributed by atoms with Gasteiger partial charge in [-0.2, -0.15) is 5.10 Å². The monoisotopic (exact) mass is 324 g/mol. The molecule has 2 nitrogen and oxygen atoms in total. The lowest BCUT2D eigenvalue weighted by Gasteiger charge is -1.98. The van der Waals surface area contributed by atoms with E-state index in [9.17, 15) is 8.78 Å². The number of hydrogen-bond donors (Lipinski definition) is 1. The summed E-state index contributed by atoms with van der Waals surface area (Å²) in [6, 6.07) is 3.40. The topological polar surface area (TPSA) is 28.7 Å². The Morgan fingerprint density at radius 3 is 2.64 bits per heavy atom. The minimum atomic E-state index is -2.54. The molecule has 0 aliphatic carbocycles. The molecule has 0 saturated heterocycles. The van der Waals surface area contributed by atoms with Crippen LogP contribution in [0.3, 0.4) is 0 Å². The predicted molar refractivity (Wildman–Crippen MR) is 56.5 cm³/mol. The number of benzene rings is 1. The molecule has 0 atom stereocenters. The largest absolute Gasteiger partial charge is 0.280 e. The molecular weight excluding hydrogens is 322 g/mol. The molecule has 0 saturated carbocycles. The smallest absolute Gasteiger partial charge is 0.275 e. The summed E-state index contributed by atoms with van der Waals surface area (Å²) in [4.78, 5) is 0. The summed E-state index contributed by atoms with van der Waals surface area (Å²) in [5.41, 5.74) is 0.362. The van der Waals surface area contributed by atoms with E-state index < -0.39 is 6.43 Å². The number of nitrogens with zero attached hydrogens (tertiary/aromatic N) is 1. The number of alkyl halides is 2. The summed E-state index contributed by atoms with van der Waals surface area (Å²) in [7, 11) is 0. The quantitative estimate of drug-likeness (QED) is 0.842.